The molecule has 0 saturated heterocycles. The van der Waals surface area contributed by atoms with Crippen molar-refractivity contribution in [2.75, 3.05) is 6.61 Å². The van der Waals surface area contributed by atoms with Gasteiger partial charge in [-0.15, -0.1) is 0 Å². The number of hydrogen-bond donors (Lipinski definition) is 0. The van der Waals surface area contributed by atoms with Crippen molar-refractivity contribution < 1.29 is 17.9 Å². The number of carbonyl (C=O) groups is 1. The predicted molar refractivity (Wildman–Crippen MR) is 59.4 cm³/mol. The molecule has 5 heteroatoms. The lowest BCUT2D eigenvalue weighted by atomic mass is 10.2. The van der Waals surface area contributed by atoms with Gasteiger partial charge in [0.15, 0.2) is 14.6 Å². The van der Waals surface area contributed by atoms with Crippen molar-refractivity contribution in [2.45, 2.75) is 51.0 Å². The maximum atomic E-state index is 12.0. The first-order valence-electron chi connectivity index (χ1n) is 5.12. The summed E-state index contributed by atoms with van der Waals surface area (Å²) in [5.74, 6) is -0.676. The second-order valence-electron chi connectivity index (χ2n) is 3.99. The smallest absolute Gasteiger partial charge is 0.326 e. The Morgan fingerprint density at radius 3 is 2.13 bits per heavy atom. The van der Waals surface area contributed by atoms with E-state index in [2.05, 4.69) is 0 Å². The second-order valence-corrected chi connectivity index (χ2v) is 6.91. The lowest BCUT2D eigenvalue weighted by molar-refractivity contribution is -0.145. The summed E-state index contributed by atoms with van der Waals surface area (Å²) in [7, 11) is -3.48. The maximum Gasteiger partial charge on any atom is 0.326 e. The third-order valence-electron chi connectivity index (χ3n) is 2.58. The van der Waals surface area contributed by atoms with Crippen LogP contribution in [0.1, 0.15) is 41.0 Å². The third kappa shape index (κ3) is 2.71. The van der Waals surface area contributed by atoms with Crippen LogP contribution in [0.4, 0.5) is 0 Å². The first-order valence-corrected chi connectivity index (χ1v) is 6.67. The van der Waals surface area contributed by atoms with Crippen LogP contribution in [0.15, 0.2) is 0 Å². The van der Waals surface area contributed by atoms with Crippen molar-refractivity contribution in [2.24, 2.45) is 0 Å². The highest BCUT2D eigenvalue weighted by Crippen LogP contribution is 2.24. The largest absolute Gasteiger partial charge is 0.465 e. The highest BCUT2D eigenvalue weighted by atomic mass is 32.2. The molecular weight excluding hydrogens is 216 g/mol. The van der Waals surface area contributed by atoms with E-state index < -0.39 is 25.8 Å². The lowest BCUT2D eigenvalue weighted by Gasteiger charge is -2.25. The molecular formula is C10H20O4S. The molecule has 15 heavy (non-hydrogen) atoms. The minimum Gasteiger partial charge on any atom is -0.465 e. The number of ether oxygens (including phenoxy) is 1. The molecule has 0 aromatic rings. The van der Waals surface area contributed by atoms with Crippen LogP contribution < -0.4 is 0 Å². The fourth-order valence-electron chi connectivity index (χ4n) is 1.14. The Morgan fingerprint density at radius 2 is 1.80 bits per heavy atom. The number of carbonyl (C=O) groups excluding carboxylic acids is 1. The molecule has 90 valence electrons. The Labute approximate surface area is 91.9 Å². The summed E-state index contributed by atoms with van der Waals surface area (Å²) in [4.78, 5) is 11.5. The molecule has 0 rings (SSSR count). The highest BCUT2D eigenvalue weighted by Gasteiger charge is 2.45. The SMILES string of the molecule is CCOC(=O)C(C)(C)S(=O)(=O)[C@@H](C)CC. The van der Waals surface area contributed by atoms with Crippen LogP contribution in [0.5, 0.6) is 0 Å². The maximum absolute atomic E-state index is 12.0. The minimum atomic E-state index is -3.48. The molecule has 0 unspecified atom stereocenters. The summed E-state index contributed by atoms with van der Waals surface area (Å²) < 4.78 is 27.3. The average molecular weight is 236 g/mol. The Morgan fingerprint density at radius 1 is 1.33 bits per heavy atom. The van der Waals surface area contributed by atoms with Crippen LogP contribution >= 0.6 is 0 Å². The van der Waals surface area contributed by atoms with Gasteiger partial charge in [0.05, 0.1) is 11.9 Å². The lowest BCUT2D eigenvalue weighted by Crippen LogP contribution is -2.46. The zero-order valence-electron chi connectivity index (χ0n) is 10.0. The number of hydrogen-bond acceptors (Lipinski definition) is 4. The molecule has 0 aliphatic carbocycles. The monoisotopic (exact) mass is 236 g/mol. The Kier molecular flexibility index (Phi) is 4.77. The summed E-state index contributed by atoms with van der Waals surface area (Å²) >= 11 is 0. The van der Waals surface area contributed by atoms with E-state index in [0.717, 1.165) is 0 Å². The van der Waals surface area contributed by atoms with Gasteiger partial charge in [-0.25, -0.2) is 8.42 Å². The molecule has 0 aromatic carbocycles. The third-order valence-corrected chi connectivity index (χ3v) is 5.56. The zero-order valence-corrected chi connectivity index (χ0v) is 10.8. The van der Waals surface area contributed by atoms with E-state index in [0.29, 0.717) is 6.42 Å². The van der Waals surface area contributed by atoms with Gasteiger partial charge in [-0.1, -0.05) is 6.92 Å². The van der Waals surface area contributed by atoms with Crippen molar-refractivity contribution in [3.8, 4) is 0 Å². The summed E-state index contributed by atoms with van der Waals surface area (Å²) in [6.07, 6.45) is 0.491. The Balaban J connectivity index is 5.10. The Hall–Kier alpha value is -0.580. The first kappa shape index (κ1) is 14.4. The van der Waals surface area contributed by atoms with E-state index >= 15 is 0 Å². The van der Waals surface area contributed by atoms with Crippen molar-refractivity contribution in [1.82, 2.24) is 0 Å². The van der Waals surface area contributed by atoms with Crippen molar-refractivity contribution in [3.05, 3.63) is 0 Å². The average Bonchev–Trinajstić information content (AvgIpc) is 2.16. The quantitative estimate of drug-likeness (QED) is 0.679. The van der Waals surface area contributed by atoms with Crippen molar-refractivity contribution in [3.63, 3.8) is 0 Å². The van der Waals surface area contributed by atoms with Gasteiger partial charge in [-0.3, -0.25) is 4.79 Å². The molecule has 0 bridgehead atoms. The molecule has 0 radical (unpaired) electrons. The van der Waals surface area contributed by atoms with Crippen LogP contribution in [0.3, 0.4) is 0 Å². The fourth-order valence-corrected chi connectivity index (χ4v) is 2.88. The van der Waals surface area contributed by atoms with Gasteiger partial charge in [0.1, 0.15) is 0 Å². The van der Waals surface area contributed by atoms with Gasteiger partial charge >= 0.3 is 5.97 Å². The van der Waals surface area contributed by atoms with Gasteiger partial charge in [0.2, 0.25) is 0 Å². The van der Waals surface area contributed by atoms with E-state index in [1.54, 1.807) is 20.8 Å². The molecule has 0 aliphatic rings. The standard InChI is InChI=1S/C10H20O4S/c1-6-8(3)15(12,13)10(4,5)9(11)14-7-2/h8H,6-7H2,1-5H3/t8-/m0/s1. The molecule has 0 heterocycles. The van der Waals surface area contributed by atoms with Crippen LogP contribution in [0.2, 0.25) is 0 Å². The van der Waals surface area contributed by atoms with E-state index in [1.807, 2.05) is 0 Å². The summed E-state index contributed by atoms with van der Waals surface area (Å²) in [5.41, 5.74) is 0. The second kappa shape index (κ2) is 4.96. The fraction of sp³-hybridized carbons (Fsp3) is 0.900. The highest BCUT2D eigenvalue weighted by molar-refractivity contribution is 7.94. The van der Waals surface area contributed by atoms with Gasteiger partial charge in [-0.2, -0.15) is 0 Å². The van der Waals surface area contributed by atoms with Crippen molar-refractivity contribution >= 4 is 15.8 Å². The van der Waals surface area contributed by atoms with Crippen LogP contribution in [-0.4, -0.2) is 31.0 Å². The number of rotatable bonds is 5. The van der Waals surface area contributed by atoms with E-state index in [4.69, 9.17) is 4.74 Å². The van der Waals surface area contributed by atoms with E-state index in [-0.39, 0.29) is 6.61 Å². The summed E-state index contributed by atoms with van der Waals surface area (Å²) in [5, 5.41) is -0.531. The molecule has 0 fully saturated rings. The Bertz CT molecular complexity index is 316. The zero-order chi connectivity index (χ0) is 12.3. The van der Waals surface area contributed by atoms with E-state index in [9.17, 15) is 13.2 Å². The van der Waals surface area contributed by atoms with Crippen LogP contribution in [0.25, 0.3) is 0 Å². The van der Waals surface area contributed by atoms with Crippen LogP contribution in [-0.2, 0) is 19.4 Å². The molecule has 0 saturated carbocycles. The van der Waals surface area contributed by atoms with Gasteiger partial charge < -0.3 is 4.74 Å². The first-order chi connectivity index (χ1) is 6.71. The molecule has 4 nitrogen and oxygen atoms in total. The minimum absolute atomic E-state index is 0.193. The van der Waals surface area contributed by atoms with E-state index in [1.165, 1.54) is 13.8 Å². The molecule has 1 atom stereocenters. The summed E-state index contributed by atoms with van der Waals surface area (Å²) in [6.45, 7) is 8.03. The molecule has 0 aromatic heterocycles. The van der Waals surface area contributed by atoms with Gasteiger partial charge in [0.25, 0.3) is 0 Å². The predicted octanol–water partition coefficient (Wildman–Crippen LogP) is 1.54. The number of esters is 1. The van der Waals surface area contributed by atoms with Crippen molar-refractivity contribution in [1.29, 1.82) is 0 Å². The molecule has 0 N–H and O–H groups in total. The summed E-state index contributed by atoms with van der Waals surface area (Å²) in [6, 6.07) is 0. The van der Waals surface area contributed by atoms with Gasteiger partial charge in [0, 0.05) is 0 Å². The van der Waals surface area contributed by atoms with Gasteiger partial charge in [-0.05, 0) is 34.1 Å². The number of sulfone groups is 1. The molecule has 0 spiro atoms. The topological polar surface area (TPSA) is 60.4 Å². The van der Waals surface area contributed by atoms with Crippen LogP contribution in [0, 0.1) is 0 Å². The molecule has 0 amide bonds. The normalized spacial score (nSPS) is 14.7. The molecule has 0 aliphatic heterocycles.